The molecule has 0 saturated heterocycles. The van der Waals surface area contributed by atoms with E-state index in [1.54, 1.807) is 18.2 Å². The number of methoxy groups -OCH3 is 1. The van der Waals surface area contributed by atoms with Crippen LogP contribution in [0.4, 0.5) is 5.82 Å². The molecule has 0 fully saturated rings. The Balaban J connectivity index is 1.78. The molecule has 12 heteroatoms. The standard InChI is InChI=1S/C17H20N6O6/c1-4-28-11-6-5-10(7-12(11)27-3)16-23(9(2)24)22-13(29-16)8-18-14-15(25)19-17(26)21-20-14/h5-7,16H,4,8H2,1-3H3,(H,18,20)(H2,19,21,25,26). The van der Waals surface area contributed by atoms with Gasteiger partial charge in [0.25, 0.3) is 5.56 Å². The minimum atomic E-state index is -0.810. The van der Waals surface area contributed by atoms with E-state index in [9.17, 15) is 14.4 Å². The van der Waals surface area contributed by atoms with Gasteiger partial charge in [0.1, 0.15) is 0 Å². The van der Waals surface area contributed by atoms with Crippen molar-refractivity contribution in [2.75, 3.05) is 25.6 Å². The average molecular weight is 404 g/mol. The Morgan fingerprint density at radius 3 is 2.79 bits per heavy atom. The van der Waals surface area contributed by atoms with Gasteiger partial charge in [0.05, 0.1) is 20.3 Å². The van der Waals surface area contributed by atoms with Crippen molar-refractivity contribution < 1.29 is 19.0 Å². The molecule has 154 valence electrons. The Hall–Kier alpha value is -3.83. The van der Waals surface area contributed by atoms with E-state index in [2.05, 4.69) is 20.6 Å². The summed E-state index contributed by atoms with van der Waals surface area (Å²) in [4.78, 5) is 36.8. The molecule has 1 aliphatic rings. The van der Waals surface area contributed by atoms with Gasteiger partial charge in [-0.1, -0.05) is 0 Å². The summed E-state index contributed by atoms with van der Waals surface area (Å²) in [5, 5.41) is 13.7. The zero-order chi connectivity index (χ0) is 21.0. The quantitative estimate of drug-likeness (QED) is 0.591. The summed E-state index contributed by atoms with van der Waals surface area (Å²) in [6, 6.07) is 5.17. The number of H-pyrrole nitrogens is 2. The SMILES string of the molecule is CCOc1ccc(C2OC(CNc3n[nH]c(=O)[nH]c3=O)=NN2C(C)=O)cc1OC. The van der Waals surface area contributed by atoms with E-state index < -0.39 is 17.5 Å². The second-order valence-corrected chi connectivity index (χ2v) is 5.88. The Morgan fingerprint density at radius 2 is 2.14 bits per heavy atom. The van der Waals surface area contributed by atoms with Gasteiger partial charge in [-0.3, -0.25) is 14.6 Å². The number of ether oxygens (including phenoxy) is 3. The fourth-order valence-corrected chi connectivity index (χ4v) is 2.64. The molecule has 3 rings (SSSR count). The van der Waals surface area contributed by atoms with Crippen LogP contribution in [-0.4, -0.2) is 52.3 Å². The van der Waals surface area contributed by atoms with E-state index in [1.807, 2.05) is 11.9 Å². The maximum absolute atomic E-state index is 12.0. The van der Waals surface area contributed by atoms with Crippen molar-refractivity contribution >= 4 is 17.6 Å². The molecule has 1 unspecified atom stereocenters. The van der Waals surface area contributed by atoms with E-state index >= 15 is 0 Å². The lowest BCUT2D eigenvalue weighted by Crippen LogP contribution is -2.28. The molecule has 2 aromatic rings. The Morgan fingerprint density at radius 1 is 1.34 bits per heavy atom. The molecule has 0 bridgehead atoms. The van der Waals surface area contributed by atoms with E-state index in [0.717, 1.165) is 0 Å². The first-order valence-corrected chi connectivity index (χ1v) is 8.70. The van der Waals surface area contributed by atoms with E-state index in [0.29, 0.717) is 23.7 Å². The summed E-state index contributed by atoms with van der Waals surface area (Å²) >= 11 is 0. The molecule has 1 amide bonds. The van der Waals surface area contributed by atoms with Crippen LogP contribution in [0.3, 0.4) is 0 Å². The fraction of sp³-hybridized carbons (Fsp3) is 0.353. The first-order chi connectivity index (χ1) is 13.9. The van der Waals surface area contributed by atoms with Gasteiger partial charge in [-0.25, -0.2) is 9.89 Å². The summed E-state index contributed by atoms with van der Waals surface area (Å²) in [5.41, 5.74) is -0.787. The lowest BCUT2D eigenvalue weighted by molar-refractivity contribution is -0.135. The van der Waals surface area contributed by atoms with Crippen LogP contribution in [0.1, 0.15) is 25.6 Å². The third-order valence-corrected chi connectivity index (χ3v) is 3.90. The highest BCUT2D eigenvalue weighted by Crippen LogP contribution is 2.35. The van der Waals surface area contributed by atoms with Gasteiger partial charge >= 0.3 is 5.69 Å². The molecule has 0 saturated carbocycles. The molecule has 29 heavy (non-hydrogen) atoms. The number of hydrazone groups is 1. The van der Waals surface area contributed by atoms with Crippen LogP contribution in [0.15, 0.2) is 32.9 Å². The third-order valence-electron chi connectivity index (χ3n) is 3.90. The van der Waals surface area contributed by atoms with Crippen LogP contribution in [0.2, 0.25) is 0 Å². The predicted molar refractivity (Wildman–Crippen MR) is 102 cm³/mol. The second-order valence-electron chi connectivity index (χ2n) is 5.88. The molecule has 0 aliphatic carbocycles. The van der Waals surface area contributed by atoms with Crippen LogP contribution in [0.25, 0.3) is 0 Å². The van der Waals surface area contributed by atoms with Gasteiger partial charge < -0.3 is 19.5 Å². The lowest BCUT2D eigenvalue weighted by Gasteiger charge is -2.20. The highest BCUT2D eigenvalue weighted by molar-refractivity contribution is 5.85. The van der Waals surface area contributed by atoms with E-state index in [-0.39, 0.29) is 24.2 Å². The number of hydrogen-bond acceptors (Lipinski definition) is 9. The fourth-order valence-electron chi connectivity index (χ4n) is 2.64. The normalized spacial score (nSPS) is 15.5. The second kappa shape index (κ2) is 8.46. The molecular weight excluding hydrogens is 384 g/mol. The summed E-state index contributed by atoms with van der Waals surface area (Å²) in [6.45, 7) is 3.67. The van der Waals surface area contributed by atoms with Gasteiger partial charge in [0.15, 0.2) is 11.5 Å². The predicted octanol–water partition coefficient (Wildman–Crippen LogP) is 0.168. The van der Waals surface area contributed by atoms with Crippen molar-refractivity contribution in [3.05, 3.63) is 44.6 Å². The minimum absolute atomic E-state index is 0.0312. The van der Waals surface area contributed by atoms with Gasteiger partial charge in [0.2, 0.25) is 23.9 Å². The molecule has 1 aromatic carbocycles. The molecule has 1 aliphatic heterocycles. The molecule has 0 spiro atoms. The van der Waals surface area contributed by atoms with Crippen molar-refractivity contribution in [2.45, 2.75) is 20.1 Å². The number of hydrogen-bond donors (Lipinski definition) is 3. The number of carbonyl (C=O) groups is 1. The van der Waals surface area contributed by atoms with E-state index in [4.69, 9.17) is 14.2 Å². The molecular formula is C17H20N6O6. The summed E-state index contributed by atoms with van der Waals surface area (Å²) in [5.74, 6) is 0.768. The number of rotatable bonds is 7. The van der Waals surface area contributed by atoms with Crippen LogP contribution in [0.5, 0.6) is 11.5 Å². The smallest absolute Gasteiger partial charge is 0.342 e. The highest BCUT2D eigenvalue weighted by atomic mass is 16.5. The maximum Gasteiger partial charge on any atom is 0.342 e. The number of amides is 1. The summed E-state index contributed by atoms with van der Waals surface area (Å²) in [6.07, 6.45) is -0.810. The minimum Gasteiger partial charge on any atom is -0.493 e. The number of carbonyl (C=O) groups excluding carboxylic acids is 1. The number of benzene rings is 1. The topological polar surface area (TPSA) is 151 Å². The highest BCUT2D eigenvalue weighted by Gasteiger charge is 2.33. The van der Waals surface area contributed by atoms with Crippen molar-refractivity contribution in [2.24, 2.45) is 5.10 Å². The van der Waals surface area contributed by atoms with Crippen LogP contribution in [-0.2, 0) is 9.53 Å². The van der Waals surface area contributed by atoms with Crippen molar-refractivity contribution in [3.8, 4) is 11.5 Å². The first kappa shape index (κ1) is 19.9. The number of aromatic amines is 2. The number of anilines is 1. The van der Waals surface area contributed by atoms with Gasteiger partial charge in [-0.05, 0) is 25.1 Å². The largest absolute Gasteiger partial charge is 0.493 e. The number of nitrogens with zero attached hydrogens (tertiary/aromatic N) is 3. The van der Waals surface area contributed by atoms with Crippen molar-refractivity contribution in [1.82, 2.24) is 20.2 Å². The van der Waals surface area contributed by atoms with E-state index in [1.165, 1.54) is 19.0 Å². The molecule has 3 N–H and O–H groups in total. The third kappa shape index (κ3) is 4.36. The molecule has 0 radical (unpaired) electrons. The summed E-state index contributed by atoms with van der Waals surface area (Å²) < 4.78 is 16.6. The molecule has 12 nitrogen and oxygen atoms in total. The zero-order valence-electron chi connectivity index (χ0n) is 16.0. The van der Waals surface area contributed by atoms with Gasteiger partial charge in [0, 0.05) is 12.5 Å². The summed E-state index contributed by atoms with van der Waals surface area (Å²) in [7, 11) is 1.51. The molecule has 1 atom stereocenters. The van der Waals surface area contributed by atoms with Gasteiger partial charge in [-0.15, -0.1) is 10.2 Å². The van der Waals surface area contributed by atoms with Crippen LogP contribution < -0.4 is 26.0 Å². The monoisotopic (exact) mass is 404 g/mol. The zero-order valence-corrected chi connectivity index (χ0v) is 16.0. The molecule has 2 heterocycles. The lowest BCUT2D eigenvalue weighted by atomic mass is 10.1. The Labute approximate surface area is 164 Å². The van der Waals surface area contributed by atoms with Gasteiger partial charge in [-0.2, -0.15) is 5.01 Å². The van der Waals surface area contributed by atoms with Crippen LogP contribution in [0, 0.1) is 0 Å². The first-order valence-electron chi connectivity index (χ1n) is 8.70. The van der Waals surface area contributed by atoms with Crippen molar-refractivity contribution in [1.29, 1.82) is 0 Å². The average Bonchev–Trinajstić information content (AvgIpc) is 3.12. The number of nitrogens with one attached hydrogen (secondary N) is 3. The molecule has 1 aromatic heterocycles. The van der Waals surface area contributed by atoms with Crippen molar-refractivity contribution in [3.63, 3.8) is 0 Å². The Kier molecular flexibility index (Phi) is 5.81. The Bertz CT molecular complexity index is 1050. The van der Waals surface area contributed by atoms with Crippen LogP contribution >= 0.6 is 0 Å². The number of aromatic nitrogens is 3. The maximum atomic E-state index is 12.0.